The summed E-state index contributed by atoms with van der Waals surface area (Å²) >= 11 is 5.97. The van der Waals surface area contributed by atoms with Crippen molar-refractivity contribution in [3.05, 3.63) is 45.7 Å². The van der Waals surface area contributed by atoms with Gasteiger partial charge in [-0.3, -0.25) is 10.1 Å². The standard InChI is InChI=1S/C16H18ClN5O2/c17-12-6-5-7-13(10-12)20-15-14(22(23)24)16(19-11-18-15)21-8-3-1-2-4-9-21/h5-7,10-11H,1-4,8-9H2,(H,18,19,20). The van der Waals surface area contributed by atoms with Crippen molar-refractivity contribution in [1.29, 1.82) is 0 Å². The van der Waals surface area contributed by atoms with Gasteiger partial charge < -0.3 is 10.2 Å². The normalized spacial score (nSPS) is 15.0. The van der Waals surface area contributed by atoms with Crippen LogP contribution in [-0.2, 0) is 0 Å². The lowest BCUT2D eigenvalue weighted by Crippen LogP contribution is -2.26. The third-order valence-corrected chi connectivity index (χ3v) is 4.21. The summed E-state index contributed by atoms with van der Waals surface area (Å²) in [5.74, 6) is 0.554. The Bertz CT molecular complexity index is 732. The van der Waals surface area contributed by atoms with E-state index in [4.69, 9.17) is 11.6 Å². The summed E-state index contributed by atoms with van der Waals surface area (Å²) in [7, 11) is 0. The van der Waals surface area contributed by atoms with Crippen LogP contribution in [0.2, 0.25) is 5.02 Å². The SMILES string of the molecule is O=[N+]([O-])c1c(Nc2cccc(Cl)c2)ncnc1N1CCCCCC1. The first kappa shape index (κ1) is 16.4. The average Bonchev–Trinajstić information content (AvgIpc) is 2.83. The van der Waals surface area contributed by atoms with E-state index in [1.807, 2.05) is 4.90 Å². The minimum atomic E-state index is -0.424. The minimum Gasteiger partial charge on any atom is -0.351 e. The Morgan fingerprint density at radius 2 is 1.92 bits per heavy atom. The highest BCUT2D eigenvalue weighted by Gasteiger charge is 2.27. The lowest BCUT2D eigenvalue weighted by atomic mass is 10.2. The largest absolute Gasteiger partial charge is 0.353 e. The van der Waals surface area contributed by atoms with Gasteiger partial charge >= 0.3 is 5.69 Å². The van der Waals surface area contributed by atoms with Crippen molar-refractivity contribution in [3.8, 4) is 0 Å². The molecule has 0 radical (unpaired) electrons. The Balaban J connectivity index is 1.97. The molecule has 0 atom stereocenters. The van der Waals surface area contributed by atoms with Crippen LogP contribution in [0, 0.1) is 10.1 Å². The maximum atomic E-state index is 11.7. The van der Waals surface area contributed by atoms with Gasteiger partial charge in [0.2, 0.25) is 11.6 Å². The second-order valence-corrected chi connectivity index (χ2v) is 6.12. The summed E-state index contributed by atoms with van der Waals surface area (Å²) in [6.07, 6.45) is 5.67. The number of anilines is 3. The molecule has 8 heteroatoms. The summed E-state index contributed by atoms with van der Waals surface area (Å²) in [4.78, 5) is 21.5. The fourth-order valence-corrected chi connectivity index (χ4v) is 3.04. The van der Waals surface area contributed by atoms with Gasteiger partial charge in [0, 0.05) is 23.8 Å². The summed E-state index contributed by atoms with van der Waals surface area (Å²) in [6, 6.07) is 6.99. The summed E-state index contributed by atoms with van der Waals surface area (Å²) < 4.78 is 0. The molecule has 0 amide bonds. The van der Waals surface area contributed by atoms with Crippen LogP contribution < -0.4 is 10.2 Å². The van der Waals surface area contributed by atoms with E-state index in [2.05, 4.69) is 15.3 Å². The third-order valence-electron chi connectivity index (χ3n) is 3.98. The zero-order chi connectivity index (χ0) is 16.9. The van der Waals surface area contributed by atoms with Gasteiger partial charge in [-0.25, -0.2) is 9.97 Å². The Hall–Kier alpha value is -2.41. The minimum absolute atomic E-state index is 0.0978. The van der Waals surface area contributed by atoms with Crippen LogP contribution in [0.25, 0.3) is 0 Å². The van der Waals surface area contributed by atoms with E-state index in [9.17, 15) is 10.1 Å². The van der Waals surface area contributed by atoms with Crippen LogP contribution in [0.1, 0.15) is 25.7 Å². The maximum absolute atomic E-state index is 11.7. The van der Waals surface area contributed by atoms with Crippen LogP contribution in [0.5, 0.6) is 0 Å². The first-order valence-electron chi connectivity index (χ1n) is 7.92. The van der Waals surface area contributed by atoms with Crippen molar-refractivity contribution < 1.29 is 4.92 Å². The van der Waals surface area contributed by atoms with E-state index < -0.39 is 4.92 Å². The predicted molar refractivity (Wildman–Crippen MR) is 94.1 cm³/mol. The molecule has 24 heavy (non-hydrogen) atoms. The molecule has 0 aliphatic carbocycles. The van der Waals surface area contributed by atoms with Gasteiger partial charge in [-0.2, -0.15) is 0 Å². The van der Waals surface area contributed by atoms with Crippen molar-refractivity contribution >= 4 is 34.6 Å². The molecule has 0 bridgehead atoms. The first-order chi connectivity index (χ1) is 11.6. The van der Waals surface area contributed by atoms with E-state index in [1.54, 1.807) is 24.3 Å². The zero-order valence-corrected chi connectivity index (χ0v) is 13.9. The lowest BCUT2D eigenvalue weighted by molar-refractivity contribution is -0.383. The molecule has 1 aliphatic rings. The Morgan fingerprint density at radius 1 is 1.17 bits per heavy atom. The van der Waals surface area contributed by atoms with Gasteiger partial charge in [0.05, 0.1) is 4.92 Å². The number of nitrogens with one attached hydrogen (secondary N) is 1. The van der Waals surface area contributed by atoms with E-state index in [1.165, 1.54) is 6.33 Å². The number of hydrogen-bond acceptors (Lipinski definition) is 6. The Labute approximate surface area is 144 Å². The molecule has 0 saturated carbocycles. The van der Waals surface area contributed by atoms with E-state index in [0.29, 0.717) is 16.5 Å². The molecule has 2 heterocycles. The molecule has 1 aromatic carbocycles. The van der Waals surface area contributed by atoms with Gasteiger partial charge in [0.1, 0.15) is 6.33 Å². The molecule has 0 spiro atoms. The summed E-state index contributed by atoms with van der Waals surface area (Å²) in [6.45, 7) is 1.54. The average molecular weight is 348 g/mol. The molecular weight excluding hydrogens is 330 g/mol. The van der Waals surface area contributed by atoms with Gasteiger partial charge in [-0.05, 0) is 31.0 Å². The van der Waals surface area contributed by atoms with Crippen LogP contribution in [0.3, 0.4) is 0 Å². The van der Waals surface area contributed by atoms with Gasteiger partial charge in [-0.1, -0.05) is 30.5 Å². The third kappa shape index (κ3) is 3.73. The molecule has 1 saturated heterocycles. The molecule has 7 nitrogen and oxygen atoms in total. The Morgan fingerprint density at radius 3 is 2.58 bits per heavy atom. The van der Waals surface area contributed by atoms with Gasteiger partial charge in [-0.15, -0.1) is 0 Å². The monoisotopic (exact) mass is 347 g/mol. The number of aromatic nitrogens is 2. The zero-order valence-electron chi connectivity index (χ0n) is 13.1. The molecule has 1 aliphatic heterocycles. The maximum Gasteiger partial charge on any atom is 0.353 e. The molecule has 1 fully saturated rings. The lowest BCUT2D eigenvalue weighted by Gasteiger charge is -2.21. The number of halogens is 1. The van der Waals surface area contributed by atoms with Crippen molar-refractivity contribution in [2.75, 3.05) is 23.3 Å². The fourth-order valence-electron chi connectivity index (χ4n) is 2.85. The van der Waals surface area contributed by atoms with Crippen LogP contribution in [0.15, 0.2) is 30.6 Å². The quantitative estimate of drug-likeness (QED) is 0.660. The second kappa shape index (κ2) is 7.44. The number of rotatable bonds is 4. The highest BCUT2D eigenvalue weighted by atomic mass is 35.5. The molecule has 1 aromatic heterocycles. The molecule has 1 N–H and O–H groups in total. The molecule has 3 rings (SSSR count). The van der Waals surface area contributed by atoms with E-state index in [0.717, 1.165) is 38.8 Å². The summed E-state index contributed by atoms with van der Waals surface area (Å²) in [5, 5.41) is 15.2. The first-order valence-corrected chi connectivity index (χ1v) is 8.30. The van der Waals surface area contributed by atoms with E-state index in [-0.39, 0.29) is 11.5 Å². The summed E-state index contributed by atoms with van der Waals surface area (Å²) in [5.41, 5.74) is 0.547. The topological polar surface area (TPSA) is 84.2 Å². The van der Waals surface area contributed by atoms with Crippen LogP contribution in [-0.4, -0.2) is 28.0 Å². The van der Waals surface area contributed by atoms with Gasteiger partial charge in [0.25, 0.3) is 0 Å². The van der Waals surface area contributed by atoms with Crippen molar-refractivity contribution in [1.82, 2.24) is 9.97 Å². The van der Waals surface area contributed by atoms with E-state index >= 15 is 0 Å². The van der Waals surface area contributed by atoms with Crippen molar-refractivity contribution in [2.45, 2.75) is 25.7 Å². The molecular formula is C16H18ClN5O2. The molecule has 126 valence electrons. The molecule has 0 unspecified atom stereocenters. The highest BCUT2D eigenvalue weighted by molar-refractivity contribution is 6.30. The predicted octanol–water partition coefficient (Wildman–Crippen LogP) is 4.16. The molecule has 2 aromatic rings. The smallest absolute Gasteiger partial charge is 0.351 e. The number of nitro groups is 1. The van der Waals surface area contributed by atoms with Crippen LogP contribution >= 0.6 is 11.6 Å². The number of benzene rings is 1. The van der Waals surface area contributed by atoms with Gasteiger partial charge in [0.15, 0.2) is 0 Å². The Kier molecular flexibility index (Phi) is 5.10. The van der Waals surface area contributed by atoms with Crippen molar-refractivity contribution in [2.24, 2.45) is 0 Å². The number of hydrogen-bond donors (Lipinski definition) is 1. The highest BCUT2D eigenvalue weighted by Crippen LogP contribution is 2.34. The second-order valence-electron chi connectivity index (χ2n) is 5.69. The fraction of sp³-hybridized carbons (Fsp3) is 0.375. The number of nitrogens with zero attached hydrogens (tertiary/aromatic N) is 4. The van der Waals surface area contributed by atoms with Crippen molar-refractivity contribution in [3.63, 3.8) is 0 Å². The van der Waals surface area contributed by atoms with Crippen LogP contribution in [0.4, 0.5) is 23.0 Å².